The normalized spacial score (nSPS) is 13.1. The second-order valence-corrected chi connectivity index (χ2v) is 8.34. The molecule has 30 heavy (non-hydrogen) atoms. The molecule has 0 aliphatic heterocycles. The van der Waals surface area contributed by atoms with Gasteiger partial charge in [-0.15, -0.1) is 0 Å². The van der Waals surface area contributed by atoms with Gasteiger partial charge in [-0.25, -0.2) is 9.79 Å². The molecule has 166 valence electrons. The Balaban J connectivity index is 0.00000407. The average Bonchev–Trinajstić information content (AvgIpc) is 2.73. The van der Waals surface area contributed by atoms with Gasteiger partial charge >= 0.3 is 5.97 Å². The molecule has 1 atom stereocenters. The molecular weight excluding hydrogens is 534 g/mol. The van der Waals surface area contributed by atoms with Crippen molar-refractivity contribution in [2.24, 2.45) is 10.7 Å². The van der Waals surface area contributed by atoms with Crippen LogP contribution in [-0.2, 0) is 9.53 Å². The lowest BCUT2D eigenvalue weighted by molar-refractivity contribution is -0.138. The molecule has 1 rings (SSSR count). The van der Waals surface area contributed by atoms with E-state index in [-0.39, 0.29) is 23.2 Å². The van der Waals surface area contributed by atoms with Crippen LogP contribution >= 0.6 is 40.0 Å². The van der Waals surface area contributed by atoms with Crippen LogP contribution in [0.25, 0.3) is 5.57 Å². The molecule has 9 heteroatoms. The van der Waals surface area contributed by atoms with Crippen molar-refractivity contribution >= 4 is 68.6 Å². The number of allylic oxidation sites excluding steroid dienone is 2. The van der Waals surface area contributed by atoms with E-state index in [0.29, 0.717) is 23.9 Å². The quantitative estimate of drug-likeness (QED) is 0.0782. The molecule has 1 aromatic rings. The second kappa shape index (κ2) is 15.4. The van der Waals surface area contributed by atoms with Crippen LogP contribution in [0.3, 0.4) is 0 Å². The number of halogens is 2. The fourth-order valence-corrected chi connectivity index (χ4v) is 3.84. The lowest BCUT2D eigenvalue weighted by Gasteiger charge is -2.19. The van der Waals surface area contributed by atoms with E-state index in [2.05, 4.69) is 32.1 Å². The van der Waals surface area contributed by atoms with E-state index < -0.39 is 5.97 Å². The summed E-state index contributed by atoms with van der Waals surface area (Å²) in [7, 11) is 0. The van der Waals surface area contributed by atoms with Crippen LogP contribution < -0.4 is 10.8 Å². The first-order chi connectivity index (χ1) is 14.3. The van der Waals surface area contributed by atoms with E-state index in [1.54, 1.807) is 13.8 Å². The molecule has 0 bridgehead atoms. The third-order valence-corrected chi connectivity index (χ3v) is 5.18. The number of hydrogen-bond donors (Lipinski definition) is 3. The van der Waals surface area contributed by atoms with E-state index in [1.807, 2.05) is 45.9 Å². The van der Waals surface area contributed by atoms with Crippen LogP contribution in [0.15, 0.2) is 40.2 Å². The maximum atomic E-state index is 12.5. The summed E-state index contributed by atoms with van der Waals surface area (Å²) < 4.78 is 5.12. The Bertz CT molecular complexity index is 834. The van der Waals surface area contributed by atoms with Gasteiger partial charge in [0.05, 0.1) is 12.3 Å². The first-order valence-electron chi connectivity index (χ1n) is 9.65. The van der Waals surface area contributed by atoms with Gasteiger partial charge in [0, 0.05) is 29.4 Å². The van der Waals surface area contributed by atoms with E-state index in [1.165, 1.54) is 6.21 Å². The number of nitrogens with zero attached hydrogens (tertiary/aromatic N) is 1. The molecule has 0 saturated heterocycles. The van der Waals surface area contributed by atoms with Crippen molar-refractivity contribution in [3.63, 3.8) is 0 Å². The zero-order valence-electron chi connectivity index (χ0n) is 18.3. The van der Waals surface area contributed by atoms with Crippen LogP contribution in [0.1, 0.15) is 59.1 Å². The summed E-state index contributed by atoms with van der Waals surface area (Å²) in [6.07, 6.45) is 2.44. The lowest BCUT2D eigenvalue weighted by Crippen LogP contribution is -2.16. The highest BCUT2D eigenvalue weighted by molar-refractivity contribution is 14.2. The minimum Gasteiger partial charge on any atom is -0.461 e. The van der Waals surface area contributed by atoms with E-state index in [4.69, 9.17) is 27.5 Å². The van der Waals surface area contributed by atoms with Gasteiger partial charge in [-0.3, -0.25) is 0 Å². The number of anilines is 1. The number of nitrogens with one attached hydrogen (secondary N) is 2. The summed E-state index contributed by atoms with van der Waals surface area (Å²) in [6.45, 7) is 11.4. The summed E-state index contributed by atoms with van der Waals surface area (Å²) >= 11 is 8.17. The van der Waals surface area contributed by atoms with Crippen molar-refractivity contribution in [2.75, 3.05) is 11.7 Å². The van der Waals surface area contributed by atoms with Gasteiger partial charge in [0.15, 0.2) is 5.70 Å². The number of nitrogens with two attached hydrogens (primary N) is 1. The topological polar surface area (TPSA) is 101 Å². The van der Waals surface area contributed by atoms with Crippen molar-refractivity contribution < 1.29 is 9.53 Å². The molecule has 0 saturated carbocycles. The van der Waals surface area contributed by atoms with Gasteiger partial charge < -0.3 is 21.0 Å². The fraction of sp³-hybridized carbons (Fsp3) is 0.381. The number of benzene rings is 1. The van der Waals surface area contributed by atoms with Crippen LogP contribution in [0.5, 0.6) is 0 Å². The molecule has 0 aliphatic carbocycles. The molecule has 0 heterocycles. The molecule has 0 radical (unpaired) electrons. The average molecular weight is 565 g/mol. The van der Waals surface area contributed by atoms with Crippen molar-refractivity contribution in [3.8, 4) is 0 Å². The van der Waals surface area contributed by atoms with E-state index in [9.17, 15) is 4.79 Å². The highest BCUT2D eigenvalue weighted by atomic mass is 127. The van der Waals surface area contributed by atoms with Crippen molar-refractivity contribution in [2.45, 2.75) is 48.0 Å². The fourth-order valence-electron chi connectivity index (χ4n) is 2.57. The standard InChI is InChI=1S/C19H25ClIN4O2P.C2H6/c1-5-11(3)16(13-8-7-9-15(25-28-21)14(13)10-22)17(23)18(24-12(4)20)19(26)27-6-2;1-2/h7-10,22,25,28H,5-6,23H2,1-4H3;1-2H3/b16-11+,18-17+,22-10?,24-12?;. The largest absolute Gasteiger partial charge is 0.461 e. The Morgan fingerprint density at radius 2 is 2.00 bits per heavy atom. The highest BCUT2D eigenvalue weighted by Crippen LogP contribution is 2.35. The third-order valence-electron chi connectivity index (χ3n) is 3.92. The minimum atomic E-state index is -0.638. The second-order valence-electron chi connectivity index (χ2n) is 5.73. The van der Waals surface area contributed by atoms with Gasteiger partial charge in [-0.2, -0.15) is 0 Å². The smallest absolute Gasteiger partial charge is 0.359 e. The lowest BCUT2D eigenvalue weighted by atomic mass is 9.91. The van der Waals surface area contributed by atoms with E-state index >= 15 is 0 Å². The number of rotatable bonds is 9. The third kappa shape index (κ3) is 8.00. The van der Waals surface area contributed by atoms with Crippen LogP contribution in [0.2, 0.25) is 0 Å². The van der Waals surface area contributed by atoms with Gasteiger partial charge in [0.25, 0.3) is 0 Å². The Morgan fingerprint density at radius 1 is 1.37 bits per heavy atom. The van der Waals surface area contributed by atoms with Crippen LogP contribution in [-0.4, -0.2) is 24.0 Å². The molecular formula is C21H31ClIN4O2P. The first kappa shape index (κ1) is 28.6. The maximum Gasteiger partial charge on any atom is 0.359 e. The zero-order valence-corrected chi connectivity index (χ0v) is 22.2. The molecule has 6 nitrogen and oxygen atoms in total. The zero-order chi connectivity index (χ0) is 23.3. The number of aliphatic imine (C=N–C) groups is 1. The Hall–Kier alpha value is -1.44. The number of hydrogen-bond acceptors (Lipinski definition) is 6. The summed E-state index contributed by atoms with van der Waals surface area (Å²) in [4.78, 5) is 16.6. The molecule has 0 fully saturated rings. The highest BCUT2D eigenvalue weighted by Gasteiger charge is 2.22. The Morgan fingerprint density at radius 3 is 2.47 bits per heavy atom. The van der Waals surface area contributed by atoms with Gasteiger partial charge in [0.1, 0.15) is 5.17 Å². The van der Waals surface area contributed by atoms with Crippen LogP contribution in [0.4, 0.5) is 5.69 Å². The van der Waals surface area contributed by atoms with Gasteiger partial charge in [0.2, 0.25) is 0 Å². The molecule has 0 amide bonds. The molecule has 0 aromatic heterocycles. The predicted octanol–water partition coefficient (Wildman–Crippen LogP) is 6.64. The SMILES string of the molecule is CC.CCOC(=O)/C(N=C(C)Cl)=C(N)/C(=C(\C)CC)c1cccc(NPI)c1C=N. The minimum absolute atomic E-state index is 0.0396. The molecule has 1 unspecified atom stereocenters. The van der Waals surface area contributed by atoms with E-state index in [0.717, 1.165) is 16.8 Å². The maximum absolute atomic E-state index is 12.5. The Labute approximate surface area is 199 Å². The summed E-state index contributed by atoms with van der Waals surface area (Å²) in [6, 6.07) is 5.67. The van der Waals surface area contributed by atoms with Gasteiger partial charge in [-0.05, 0) is 60.9 Å². The van der Waals surface area contributed by atoms with Crippen molar-refractivity contribution in [3.05, 3.63) is 46.3 Å². The number of carbonyl (C=O) groups is 1. The molecule has 1 aromatic carbocycles. The molecule has 0 spiro atoms. The van der Waals surface area contributed by atoms with Gasteiger partial charge in [-0.1, -0.05) is 50.1 Å². The number of esters is 1. The molecule has 0 aliphatic rings. The first-order valence-corrected chi connectivity index (χ1v) is 14.1. The van der Waals surface area contributed by atoms with Crippen molar-refractivity contribution in [1.82, 2.24) is 0 Å². The van der Waals surface area contributed by atoms with Crippen molar-refractivity contribution in [1.29, 1.82) is 5.41 Å². The number of ether oxygens (including phenoxy) is 1. The molecule has 4 N–H and O–H groups in total. The van der Waals surface area contributed by atoms with Crippen LogP contribution in [0, 0.1) is 5.41 Å². The Kier molecular flexibility index (Phi) is 14.6. The monoisotopic (exact) mass is 564 g/mol. The predicted molar refractivity (Wildman–Crippen MR) is 141 cm³/mol. The number of carbonyl (C=O) groups excluding carboxylic acids is 1. The summed E-state index contributed by atoms with van der Waals surface area (Å²) in [5, 5.41) is 11.4. The summed E-state index contributed by atoms with van der Waals surface area (Å²) in [5.74, 6) is -0.638. The summed E-state index contributed by atoms with van der Waals surface area (Å²) in [5.41, 5.74) is 10.5.